The van der Waals surface area contributed by atoms with Crippen LogP contribution in [0.4, 0.5) is 0 Å². The van der Waals surface area contributed by atoms with E-state index >= 15 is 0 Å². The molecular weight excluding hydrogens is 224 g/mol. The van der Waals surface area contributed by atoms with Crippen LogP contribution in [0.1, 0.15) is 22.8 Å². The van der Waals surface area contributed by atoms with E-state index in [1.165, 1.54) is 0 Å². The van der Waals surface area contributed by atoms with E-state index in [4.69, 9.17) is 4.74 Å². The molecule has 0 amide bonds. The monoisotopic (exact) mass is 238 g/mol. The van der Waals surface area contributed by atoms with E-state index in [0.29, 0.717) is 11.3 Å². The van der Waals surface area contributed by atoms with Crippen molar-refractivity contribution in [3.05, 3.63) is 66.2 Å². The van der Waals surface area contributed by atoms with Gasteiger partial charge in [-0.15, -0.1) is 0 Å². The number of carbonyl (C=O) groups excluding carboxylic acids is 1. The number of benzene rings is 2. The first-order chi connectivity index (χ1) is 8.70. The molecule has 0 aliphatic heterocycles. The van der Waals surface area contributed by atoms with Gasteiger partial charge in [-0.2, -0.15) is 0 Å². The van der Waals surface area contributed by atoms with Crippen LogP contribution in [-0.4, -0.2) is 5.78 Å². The van der Waals surface area contributed by atoms with Gasteiger partial charge in [0.05, 0.1) is 0 Å². The van der Waals surface area contributed by atoms with Gasteiger partial charge < -0.3 is 4.74 Å². The molecule has 0 aliphatic rings. The molecule has 2 nitrogen and oxygen atoms in total. The van der Waals surface area contributed by atoms with Gasteiger partial charge in [0.2, 0.25) is 0 Å². The van der Waals surface area contributed by atoms with Gasteiger partial charge in [0, 0.05) is 11.1 Å². The van der Waals surface area contributed by atoms with E-state index in [9.17, 15) is 4.79 Å². The molecule has 2 aromatic carbocycles. The first-order valence-corrected chi connectivity index (χ1v) is 5.71. The van der Waals surface area contributed by atoms with Crippen molar-refractivity contribution in [2.24, 2.45) is 0 Å². The molecule has 18 heavy (non-hydrogen) atoms. The van der Waals surface area contributed by atoms with Crippen molar-refractivity contribution in [3.8, 4) is 11.5 Å². The Bertz CT molecular complexity index is 568. The molecule has 0 fully saturated rings. The Morgan fingerprint density at radius 2 is 1.78 bits per heavy atom. The van der Waals surface area contributed by atoms with E-state index in [1.807, 2.05) is 24.3 Å². The molecule has 0 radical (unpaired) electrons. The van der Waals surface area contributed by atoms with Crippen molar-refractivity contribution in [1.29, 1.82) is 0 Å². The molecule has 0 atom stereocenters. The third-order valence-corrected chi connectivity index (χ3v) is 2.63. The van der Waals surface area contributed by atoms with Crippen LogP contribution in [0.3, 0.4) is 0 Å². The van der Waals surface area contributed by atoms with E-state index in [0.717, 1.165) is 11.3 Å². The van der Waals surface area contributed by atoms with Crippen molar-refractivity contribution in [2.45, 2.75) is 6.92 Å². The summed E-state index contributed by atoms with van der Waals surface area (Å²) < 4.78 is 5.75. The second-order valence-electron chi connectivity index (χ2n) is 3.92. The Hall–Kier alpha value is -2.35. The van der Waals surface area contributed by atoms with E-state index in [-0.39, 0.29) is 5.78 Å². The molecule has 0 bridgehead atoms. The zero-order chi connectivity index (χ0) is 13.0. The molecule has 0 unspecified atom stereocenters. The molecular formula is C16H14O2. The summed E-state index contributed by atoms with van der Waals surface area (Å²) in [5, 5.41) is 0. The zero-order valence-corrected chi connectivity index (χ0v) is 10.2. The smallest absolute Gasteiger partial charge is 0.159 e. The minimum Gasteiger partial charge on any atom is -0.457 e. The molecule has 0 N–H and O–H groups in total. The Morgan fingerprint density at radius 3 is 2.39 bits per heavy atom. The number of carbonyl (C=O) groups is 1. The van der Waals surface area contributed by atoms with Crippen LogP contribution >= 0.6 is 0 Å². The minimum absolute atomic E-state index is 0.0491. The molecule has 90 valence electrons. The van der Waals surface area contributed by atoms with Gasteiger partial charge in [0.1, 0.15) is 11.5 Å². The number of hydrogen-bond acceptors (Lipinski definition) is 2. The molecule has 0 saturated carbocycles. The molecule has 0 aromatic heterocycles. The maximum atomic E-state index is 11.2. The first kappa shape index (κ1) is 12.1. The summed E-state index contributed by atoms with van der Waals surface area (Å²) in [5.41, 5.74) is 1.62. The van der Waals surface area contributed by atoms with Crippen LogP contribution in [0.25, 0.3) is 6.08 Å². The number of rotatable bonds is 4. The summed E-state index contributed by atoms with van der Waals surface area (Å²) in [6.07, 6.45) is 1.75. The van der Waals surface area contributed by atoms with Crippen LogP contribution in [0.2, 0.25) is 0 Å². The standard InChI is InChI=1S/C16H14O2/c1-3-13-6-4-5-7-16(13)18-15-10-8-14(9-11-15)12(2)17/h3-11H,1H2,2H3. The lowest BCUT2D eigenvalue weighted by atomic mass is 10.1. The summed E-state index contributed by atoms with van der Waals surface area (Å²) >= 11 is 0. The van der Waals surface area contributed by atoms with Crippen molar-refractivity contribution in [3.63, 3.8) is 0 Å². The Morgan fingerprint density at radius 1 is 1.11 bits per heavy atom. The SMILES string of the molecule is C=Cc1ccccc1Oc1ccc(C(C)=O)cc1. The van der Waals surface area contributed by atoms with Gasteiger partial charge in [-0.3, -0.25) is 4.79 Å². The molecule has 0 spiro atoms. The third kappa shape index (κ3) is 2.66. The molecule has 0 saturated heterocycles. The van der Waals surface area contributed by atoms with E-state index in [1.54, 1.807) is 37.3 Å². The van der Waals surface area contributed by atoms with Gasteiger partial charge in [0.25, 0.3) is 0 Å². The summed E-state index contributed by atoms with van der Waals surface area (Å²) in [4.78, 5) is 11.2. The summed E-state index contributed by atoms with van der Waals surface area (Å²) in [6, 6.07) is 14.8. The second-order valence-corrected chi connectivity index (χ2v) is 3.92. The first-order valence-electron chi connectivity index (χ1n) is 5.71. The summed E-state index contributed by atoms with van der Waals surface area (Å²) in [7, 11) is 0. The van der Waals surface area contributed by atoms with Gasteiger partial charge in [0.15, 0.2) is 5.78 Å². The number of Topliss-reactive ketones (excluding diaryl/α,β-unsaturated/α-hetero) is 1. The highest BCUT2D eigenvalue weighted by Crippen LogP contribution is 2.26. The molecule has 0 aliphatic carbocycles. The number of hydrogen-bond donors (Lipinski definition) is 0. The number of para-hydroxylation sites is 1. The zero-order valence-electron chi connectivity index (χ0n) is 10.2. The van der Waals surface area contributed by atoms with Crippen LogP contribution in [-0.2, 0) is 0 Å². The molecule has 2 heteroatoms. The van der Waals surface area contributed by atoms with Crippen LogP contribution < -0.4 is 4.74 Å². The predicted molar refractivity (Wildman–Crippen MR) is 73.1 cm³/mol. The van der Waals surface area contributed by atoms with Crippen LogP contribution in [0.15, 0.2) is 55.1 Å². The van der Waals surface area contributed by atoms with E-state index < -0.39 is 0 Å². The quantitative estimate of drug-likeness (QED) is 0.741. The third-order valence-electron chi connectivity index (χ3n) is 2.63. The second kappa shape index (κ2) is 5.32. The molecule has 2 rings (SSSR count). The van der Waals surface area contributed by atoms with Gasteiger partial charge in [-0.05, 0) is 37.3 Å². The van der Waals surface area contributed by atoms with Gasteiger partial charge in [-0.25, -0.2) is 0 Å². The Balaban J connectivity index is 2.23. The molecule has 0 heterocycles. The fourth-order valence-corrected chi connectivity index (χ4v) is 1.63. The highest BCUT2D eigenvalue weighted by atomic mass is 16.5. The van der Waals surface area contributed by atoms with E-state index in [2.05, 4.69) is 6.58 Å². The average Bonchev–Trinajstić information content (AvgIpc) is 2.40. The maximum Gasteiger partial charge on any atom is 0.159 e. The number of ether oxygens (including phenoxy) is 1. The van der Waals surface area contributed by atoms with Crippen molar-refractivity contribution in [2.75, 3.05) is 0 Å². The highest BCUT2D eigenvalue weighted by molar-refractivity contribution is 5.94. The lowest BCUT2D eigenvalue weighted by molar-refractivity contribution is 0.101. The van der Waals surface area contributed by atoms with Crippen molar-refractivity contribution in [1.82, 2.24) is 0 Å². The topological polar surface area (TPSA) is 26.3 Å². The maximum absolute atomic E-state index is 11.2. The fraction of sp³-hybridized carbons (Fsp3) is 0.0625. The lowest BCUT2D eigenvalue weighted by Gasteiger charge is -2.08. The number of ketones is 1. The van der Waals surface area contributed by atoms with Gasteiger partial charge in [-0.1, -0.05) is 30.9 Å². The normalized spacial score (nSPS) is 9.83. The summed E-state index contributed by atoms with van der Waals surface area (Å²) in [6.45, 7) is 5.29. The highest BCUT2D eigenvalue weighted by Gasteiger charge is 2.03. The summed E-state index contributed by atoms with van der Waals surface area (Å²) in [5.74, 6) is 1.51. The Labute approximate surface area is 107 Å². The van der Waals surface area contributed by atoms with Crippen LogP contribution in [0.5, 0.6) is 11.5 Å². The fourth-order valence-electron chi connectivity index (χ4n) is 1.63. The minimum atomic E-state index is 0.0491. The molecule has 2 aromatic rings. The average molecular weight is 238 g/mol. The van der Waals surface area contributed by atoms with Crippen molar-refractivity contribution >= 4 is 11.9 Å². The predicted octanol–water partition coefficient (Wildman–Crippen LogP) is 4.32. The lowest BCUT2D eigenvalue weighted by Crippen LogP contribution is -1.92. The van der Waals surface area contributed by atoms with Gasteiger partial charge >= 0.3 is 0 Å². The Kier molecular flexibility index (Phi) is 3.58. The van der Waals surface area contributed by atoms with Crippen molar-refractivity contribution < 1.29 is 9.53 Å². The van der Waals surface area contributed by atoms with Crippen LogP contribution in [0, 0.1) is 0 Å². The largest absolute Gasteiger partial charge is 0.457 e.